The number of carboxylic acid groups (broad SMARTS) is 2. The molecule has 0 heterocycles. The maximum Gasteiger partial charge on any atom is 0.326 e. The normalized spacial score (nSPS) is 15.4. The molecule has 0 aliphatic heterocycles. The summed E-state index contributed by atoms with van der Waals surface area (Å²) in [5.74, 6) is -3.76. The van der Waals surface area contributed by atoms with E-state index in [0.29, 0.717) is 11.5 Å². The highest BCUT2D eigenvalue weighted by Crippen LogP contribution is 2.06. The summed E-state index contributed by atoms with van der Waals surface area (Å²) in [4.78, 5) is 59.8. The minimum atomic E-state index is -1.46. The molecule has 5 atom stereocenters. The molecular weight excluding hydrogens is 476 g/mol. The van der Waals surface area contributed by atoms with Crippen LogP contribution in [0, 0.1) is 0 Å². The molecule has 12 nitrogen and oxygen atoms in total. The number of aliphatic hydroxyl groups is 1. The summed E-state index contributed by atoms with van der Waals surface area (Å²) in [5.41, 5.74) is 5.69. The quantitative estimate of drug-likeness (QED) is 0.121. The van der Waals surface area contributed by atoms with Gasteiger partial charge in [0.2, 0.25) is 17.7 Å². The van der Waals surface area contributed by atoms with Gasteiger partial charge in [-0.2, -0.15) is 23.5 Å². The van der Waals surface area contributed by atoms with Crippen LogP contribution in [0.5, 0.6) is 0 Å². The van der Waals surface area contributed by atoms with E-state index in [1.807, 2.05) is 0 Å². The molecule has 0 aromatic rings. The van der Waals surface area contributed by atoms with Crippen molar-refractivity contribution in [2.45, 2.75) is 62.9 Å². The molecule has 0 radical (unpaired) electrons. The van der Waals surface area contributed by atoms with Gasteiger partial charge in [0.05, 0.1) is 12.1 Å². The van der Waals surface area contributed by atoms with Crippen molar-refractivity contribution in [3.63, 3.8) is 0 Å². The molecule has 0 aromatic heterocycles. The predicted molar refractivity (Wildman–Crippen MR) is 126 cm³/mol. The predicted octanol–water partition coefficient (Wildman–Crippen LogP) is -1.40. The Morgan fingerprint density at radius 3 is 1.79 bits per heavy atom. The number of nitrogens with two attached hydrogens (primary N) is 1. The van der Waals surface area contributed by atoms with E-state index >= 15 is 0 Å². The summed E-state index contributed by atoms with van der Waals surface area (Å²) in [7, 11) is 0. The minimum absolute atomic E-state index is 0.122. The summed E-state index contributed by atoms with van der Waals surface area (Å²) < 4.78 is 0. The van der Waals surface area contributed by atoms with E-state index in [9.17, 15) is 34.2 Å². The third kappa shape index (κ3) is 12.7. The van der Waals surface area contributed by atoms with Gasteiger partial charge in [-0.15, -0.1) is 0 Å². The van der Waals surface area contributed by atoms with Crippen molar-refractivity contribution in [2.24, 2.45) is 5.73 Å². The van der Waals surface area contributed by atoms with Crippen LogP contribution in [0.4, 0.5) is 0 Å². The van der Waals surface area contributed by atoms with Gasteiger partial charge in [-0.05, 0) is 50.2 Å². The molecule has 8 N–H and O–H groups in total. The van der Waals surface area contributed by atoms with E-state index in [2.05, 4.69) is 16.0 Å². The number of aliphatic carboxylic acids is 2. The third-order valence-corrected chi connectivity index (χ3v) is 5.83. The van der Waals surface area contributed by atoms with Gasteiger partial charge < -0.3 is 37.0 Å². The first-order valence-corrected chi connectivity index (χ1v) is 13.0. The van der Waals surface area contributed by atoms with Crippen LogP contribution in [0.25, 0.3) is 0 Å². The van der Waals surface area contributed by atoms with Crippen molar-refractivity contribution in [3.05, 3.63) is 0 Å². The van der Waals surface area contributed by atoms with Crippen LogP contribution in [0.2, 0.25) is 0 Å². The summed E-state index contributed by atoms with van der Waals surface area (Å²) in [6.07, 6.45) is 2.13. The zero-order valence-corrected chi connectivity index (χ0v) is 20.5. The number of aliphatic hydroxyl groups excluding tert-OH is 1. The van der Waals surface area contributed by atoms with Crippen LogP contribution in [0.15, 0.2) is 0 Å². The lowest BCUT2D eigenvalue weighted by atomic mass is 10.1. The summed E-state index contributed by atoms with van der Waals surface area (Å²) in [5, 5.41) is 35.2. The van der Waals surface area contributed by atoms with Gasteiger partial charge in [-0.25, -0.2) is 4.79 Å². The van der Waals surface area contributed by atoms with E-state index in [-0.39, 0.29) is 25.7 Å². The number of hydrogen-bond acceptors (Lipinski definition) is 9. The zero-order chi connectivity index (χ0) is 25.6. The van der Waals surface area contributed by atoms with Crippen LogP contribution in [0.3, 0.4) is 0 Å². The van der Waals surface area contributed by atoms with Crippen molar-refractivity contribution in [1.82, 2.24) is 16.0 Å². The molecule has 0 aromatic carbocycles. The number of nitrogens with one attached hydrogen (secondary N) is 3. The lowest BCUT2D eigenvalue weighted by Crippen LogP contribution is -2.60. The van der Waals surface area contributed by atoms with E-state index in [0.717, 1.165) is 0 Å². The van der Waals surface area contributed by atoms with Crippen molar-refractivity contribution in [2.75, 3.05) is 24.0 Å². The van der Waals surface area contributed by atoms with Crippen molar-refractivity contribution in [1.29, 1.82) is 0 Å². The lowest BCUT2D eigenvalue weighted by molar-refractivity contribution is -0.143. The largest absolute Gasteiger partial charge is 0.481 e. The Labute approximate surface area is 201 Å². The molecule has 190 valence electrons. The van der Waals surface area contributed by atoms with Crippen molar-refractivity contribution in [3.8, 4) is 0 Å². The fourth-order valence-electron chi connectivity index (χ4n) is 2.61. The van der Waals surface area contributed by atoms with Gasteiger partial charge in [-0.1, -0.05) is 0 Å². The molecule has 0 bridgehead atoms. The topological polar surface area (TPSA) is 208 Å². The Kier molecular flexibility index (Phi) is 15.5. The number of rotatable bonds is 17. The fraction of sp³-hybridized carbons (Fsp3) is 0.737. The van der Waals surface area contributed by atoms with E-state index < -0.39 is 59.9 Å². The monoisotopic (exact) mass is 510 g/mol. The van der Waals surface area contributed by atoms with Gasteiger partial charge in [0.15, 0.2) is 0 Å². The van der Waals surface area contributed by atoms with Crippen LogP contribution in [-0.2, 0) is 24.0 Å². The molecule has 0 saturated carbocycles. The fourth-order valence-corrected chi connectivity index (χ4v) is 3.55. The van der Waals surface area contributed by atoms with Gasteiger partial charge in [0, 0.05) is 6.42 Å². The number of thioether (sulfide) groups is 2. The van der Waals surface area contributed by atoms with E-state index in [1.165, 1.54) is 30.4 Å². The number of hydrogen-bond donors (Lipinski definition) is 7. The molecule has 0 spiro atoms. The Morgan fingerprint density at radius 2 is 1.33 bits per heavy atom. The second-order valence-electron chi connectivity index (χ2n) is 7.29. The summed E-state index contributed by atoms with van der Waals surface area (Å²) in [6.45, 7) is 1.26. The van der Waals surface area contributed by atoms with Crippen LogP contribution in [-0.4, -0.2) is 99.3 Å². The molecule has 5 unspecified atom stereocenters. The highest BCUT2D eigenvalue weighted by molar-refractivity contribution is 7.98. The molecule has 0 rings (SSSR count). The average molecular weight is 511 g/mol. The van der Waals surface area contributed by atoms with Crippen LogP contribution >= 0.6 is 23.5 Å². The number of carbonyl (C=O) groups is 5. The Balaban J connectivity index is 5.31. The van der Waals surface area contributed by atoms with Crippen LogP contribution in [0.1, 0.15) is 32.6 Å². The number of carboxylic acids is 2. The van der Waals surface area contributed by atoms with Crippen LogP contribution < -0.4 is 21.7 Å². The molecule has 33 heavy (non-hydrogen) atoms. The van der Waals surface area contributed by atoms with E-state index in [4.69, 9.17) is 10.8 Å². The van der Waals surface area contributed by atoms with Gasteiger partial charge in [0.1, 0.15) is 18.1 Å². The standard InChI is InChI=1S/C19H34N4O8S2/c1-10(24)15(18(29)22-13(19(30)31)7-9-33-3)23-17(28)12(6-8-32-2)21-16(27)11(20)4-5-14(25)26/h10-13,15,24H,4-9,20H2,1-3H3,(H,21,27)(H,22,29)(H,23,28)(H,25,26)(H,30,31). The van der Waals surface area contributed by atoms with Gasteiger partial charge in [0.25, 0.3) is 0 Å². The Morgan fingerprint density at radius 1 is 0.818 bits per heavy atom. The Bertz CT molecular complexity index is 680. The zero-order valence-electron chi connectivity index (χ0n) is 18.9. The molecular formula is C19H34N4O8S2. The lowest BCUT2D eigenvalue weighted by Gasteiger charge is -2.26. The molecule has 0 fully saturated rings. The minimum Gasteiger partial charge on any atom is -0.481 e. The first kappa shape index (κ1) is 31.0. The second-order valence-corrected chi connectivity index (χ2v) is 9.26. The van der Waals surface area contributed by atoms with Gasteiger partial charge >= 0.3 is 11.9 Å². The highest BCUT2D eigenvalue weighted by atomic mass is 32.2. The molecule has 14 heteroatoms. The SMILES string of the molecule is CSCCC(NC(=O)C(NC(=O)C(CCSC)NC(=O)C(N)CCC(=O)O)C(C)O)C(=O)O. The molecule has 0 saturated heterocycles. The molecule has 0 aliphatic carbocycles. The maximum absolute atomic E-state index is 12.8. The number of carbonyl (C=O) groups excluding carboxylic acids is 3. The molecule has 3 amide bonds. The first-order valence-electron chi connectivity index (χ1n) is 10.2. The highest BCUT2D eigenvalue weighted by Gasteiger charge is 2.32. The third-order valence-electron chi connectivity index (χ3n) is 4.54. The maximum atomic E-state index is 12.8. The van der Waals surface area contributed by atoms with Crippen molar-refractivity contribution >= 4 is 53.2 Å². The second kappa shape index (κ2) is 16.6. The summed E-state index contributed by atoms with van der Waals surface area (Å²) in [6, 6.07) is -4.89. The number of amides is 3. The first-order chi connectivity index (χ1) is 15.4. The van der Waals surface area contributed by atoms with Gasteiger partial charge in [-0.3, -0.25) is 19.2 Å². The van der Waals surface area contributed by atoms with E-state index in [1.54, 1.807) is 12.5 Å². The molecule has 0 aliphatic rings. The van der Waals surface area contributed by atoms with Crippen molar-refractivity contribution < 1.29 is 39.3 Å². The summed E-state index contributed by atoms with van der Waals surface area (Å²) >= 11 is 2.82. The Hall–Kier alpha value is -2.03. The average Bonchev–Trinajstić information content (AvgIpc) is 2.74. The smallest absolute Gasteiger partial charge is 0.326 e.